The van der Waals surface area contributed by atoms with Gasteiger partial charge in [-0.3, -0.25) is 4.79 Å². The van der Waals surface area contributed by atoms with Gasteiger partial charge in [0.25, 0.3) is 0 Å². The first-order valence-electron chi connectivity index (χ1n) is 9.46. The van der Waals surface area contributed by atoms with E-state index >= 15 is 0 Å². The minimum absolute atomic E-state index is 0.165. The van der Waals surface area contributed by atoms with Crippen LogP contribution in [-0.4, -0.2) is 45.5 Å². The number of thioether (sulfide) groups is 1. The van der Waals surface area contributed by atoms with Gasteiger partial charge in [-0.25, -0.2) is 4.79 Å². The van der Waals surface area contributed by atoms with Gasteiger partial charge in [0.1, 0.15) is 0 Å². The van der Waals surface area contributed by atoms with E-state index in [1.165, 1.54) is 0 Å². The summed E-state index contributed by atoms with van der Waals surface area (Å²) in [6.07, 6.45) is 1.51. The van der Waals surface area contributed by atoms with E-state index in [4.69, 9.17) is 23.2 Å². The third kappa shape index (κ3) is 4.34. The van der Waals surface area contributed by atoms with Crippen LogP contribution in [-0.2, 0) is 11.3 Å². The summed E-state index contributed by atoms with van der Waals surface area (Å²) in [7, 11) is 0. The molecule has 2 fully saturated rings. The van der Waals surface area contributed by atoms with Crippen LogP contribution in [0, 0.1) is 0 Å². The normalized spacial score (nSPS) is 18.3. The van der Waals surface area contributed by atoms with E-state index in [-0.39, 0.29) is 16.8 Å². The third-order valence-corrected chi connectivity index (χ3v) is 7.74. The molecular weight excluding hydrogens is 429 g/mol. The Labute approximate surface area is 184 Å². The van der Waals surface area contributed by atoms with E-state index in [2.05, 4.69) is 5.32 Å². The first kappa shape index (κ1) is 20.4. The second-order valence-electron chi connectivity index (χ2n) is 7.25. The zero-order valence-corrected chi connectivity index (χ0v) is 18.1. The third-order valence-electron chi connectivity index (χ3n) is 5.44. The highest BCUT2D eigenvalue weighted by atomic mass is 35.5. The maximum absolute atomic E-state index is 12.7. The molecule has 2 saturated heterocycles. The number of carbonyl (C=O) groups excluding carboxylic acids is 2. The van der Waals surface area contributed by atoms with Gasteiger partial charge in [-0.05, 0) is 36.6 Å². The van der Waals surface area contributed by atoms with Gasteiger partial charge in [0.2, 0.25) is 5.91 Å². The van der Waals surface area contributed by atoms with Crippen molar-refractivity contribution in [3.63, 3.8) is 0 Å². The molecule has 0 aliphatic carbocycles. The van der Waals surface area contributed by atoms with E-state index in [0.717, 1.165) is 18.4 Å². The van der Waals surface area contributed by atoms with Crippen molar-refractivity contribution in [3.05, 3.63) is 64.1 Å². The minimum atomic E-state index is -0.229. The second kappa shape index (κ2) is 8.46. The number of halogens is 2. The van der Waals surface area contributed by atoms with Gasteiger partial charge in [-0.15, -0.1) is 11.8 Å². The summed E-state index contributed by atoms with van der Waals surface area (Å²) in [6.45, 7) is 1.81. The highest BCUT2D eigenvalue weighted by Gasteiger charge is 2.48. The Kier molecular flexibility index (Phi) is 5.95. The molecule has 152 valence electrons. The van der Waals surface area contributed by atoms with Crippen LogP contribution in [0.15, 0.2) is 48.5 Å². The van der Waals surface area contributed by atoms with Crippen LogP contribution >= 0.6 is 35.0 Å². The van der Waals surface area contributed by atoms with Crippen LogP contribution in [0.4, 0.5) is 10.5 Å². The Morgan fingerprint density at radius 2 is 1.79 bits per heavy atom. The predicted octanol–water partition coefficient (Wildman–Crippen LogP) is 5.09. The summed E-state index contributed by atoms with van der Waals surface area (Å²) in [4.78, 5) is 28.8. The molecule has 3 amide bonds. The number of carbonyl (C=O) groups is 2. The molecule has 0 radical (unpaired) electrons. The van der Waals surface area contributed by atoms with Crippen molar-refractivity contribution < 1.29 is 9.59 Å². The molecule has 2 aliphatic rings. The topological polar surface area (TPSA) is 52.7 Å². The number of amides is 3. The Bertz CT molecular complexity index is 917. The number of urea groups is 1. The van der Waals surface area contributed by atoms with Gasteiger partial charge in [0, 0.05) is 25.3 Å². The van der Waals surface area contributed by atoms with E-state index in [1.54, 1.807) is 34.9 Å². The lowest BCUT2D eigenvalue weighted by atomic mass is 10.0. The second-order valence-corrected chi connectivity index (χ2v) is 9.40. The summed E-state index contributed by atoms with van der Waals surface area (Å²) in [5.74, 6) is 0.676. The fourth-order valence-electron chi connectivity index (χ4n) is 3.83. The standard InChI is InChI=1S/C21H21Cl2N3O2S/c22-17-7-6-16(12-18(17)23)24-20(28)25-10-8-21(9-11-25)26(19(27)14-29-21)13-15-4-2-1-3-5-15/h1-7,12H,8-11,13-14H2,(H,24,28). The number of hydrogen-bond donors (Lipinski definition) is 1. The van der Waals surface area contributed by atoms with E-state index in [0.29, 0.717) is 41.1 Å². The molecule has 2 aromatic carbocycles. The quantitative estimate of drug-likeness (QED) is 0.709. The summed E-state index contributed by atoms with van der Waals surface area (Å²) in [5, 5.41) is 3.73. The fourth-order valence-corrected chi connectivity index (χ4v) is 5.47. The summed E-state index contributed by atoms with van der Waals surface area (Å²) in [6, 6.07) is 14.9. The molecule has 2 aromatic rings. The molecular formula is C21H21Cl2N3O2S. The van der Waals surface area contributed by atoms with E-state index < -0.39 is 0 Å². The average molecular weight is 450 g/mol. The predicted molar refractivity (Wildman–Crippen MR) is 118 cm³/mol. The lowest BCUT2D eigenvalue weighted by molar-refractivity contribution is -0.131. The Balaban J connectivity index is 1.40. The van der Waals surface area contributed by atoms with Crippen molar-refractivity contribution in [2.45, 2.75) is 24.3 Å². The summed E-state index contributed by atoms with van der Waals surface area (Å²) >= 11 is 13.7. The van der Waals surface area contributed by atoms with Crippen molar-refractivity contribution in [3.8, 4) is 0 Å². The van der Waals surface area contributed by atoms with Crippen molar-refractivity contribution in [2.24, 2.45) is 0 Å². The zero-order chi connectivity index (χ0) is 20.4. The molecule has 0 saturated carbocycles. The largest absolute Gasteiger partial charge is 0.324 e. The molecule has 0 atom stereocenters. The van der Waals surface area contributed by atoms with Crippen molar-refractivity contribution in [1.82, 2.24) is 9.80 Å². The molecule has 4 rings (SSSR count). The van der Waals surface area contributed by atoms with Crippen LogP contribution < -0.4 is 5.32 Å². The highest BCUT2D eigenvalue weighted by Crippen LogP contribution is 2.45. The molecule has 0 bridgehead atoms. The fraction of sp³-hybridized carbons (Fsp3) is 0.333. The monoisotopic (exact) mass is 449 g/mol. The van der Waals surface area contributed by atoms with Gasteiger partial charge in [0.15, 0.2) is 0 Å². The maximum atomic E-state index is 12.7. The molecule has 0 unspecified atom stereocenters. The number of nitrogens with zero attached hydrogens (tertiary/aromatic N) is 2. The van der Waals surface area contributed by atoms with Gasteiger partial charge in [0.05, 0.1) is 20.7 Å². The van der Waals surface area contributed by atoms with E-state index in [1.807, 2.05) is 35.2 Å². The molecule has 8 heteroatoms. The van der Waals surface area contributed by atoms with Crippen LogP contribution in [0.2, 0.25) is 10.0 Å². The lowest BCUT2D eigenvalue weighted by Crippen LogP contribution is -2.53. The number of benzene rings is 2. The first-order chi connectivity index (χ1) is 14.0. The van der Waals surface area contributed by atoms with Gasteiger partial charge >= 0.3 is 6.03 Å². The molecule has 2 aliphatic heterocycles. The number of hydrogen-bond acceptors (Lipinski definition) is 3. The zero-order valence-electron chi connectivity index (χ0n) is 15.7. The van der Waals surface area contributed by atoms with Gasteiger partial charge in [-0.1, -0.05) is 53.5 Å². The van der Waals surface area contributed by atoms with Gasteiger partial charge in [-0.2, -0.15) is 0 Å². The lowest BCUT2D eigenvalue weighted by Gasteiger charge is -2.44. The Morgan fingerprint density at radius 3 is 2.48 bits per heavy atom. The summed E-state index contributed by atoms with van der Waals surface area (Å²) < 4.78 is 0. The SMILES string of the molecule is O=C(Nc1ccc(Cl)c(Cl)c1)N1CCC2(CC1)SCC(=O)N2Cc1ccccc1. The number of nitrogens with one attached hydrogen (secondary N) is 1. The van der Waals surface area contributed by atoms with Crippen LogP contribution in [0.1, 0.15) is 18.4 Å². The van der Waals surface area contributed by atoms with Crippen molar-refractivity contribution in [2.75, 3.05) is 24.2 Å². The summed E-state index contributed by atoms with van der Waals surface area (Å²) in [5.41, 5.74) is 1.74. The smallest absolute Gasteiger partial charge is 0.321 e. The minimum Gasteiger partial charge on any atom is -0.324 e. The van der Waals surface area contributed by atoms with Crippen molar-refractivity contribution in [1.29, 1.82) is 0 Å². The number of anilines is 1. The molecule has 29 heavy (non-hydrogen) atoms. The Morgan fingerprint density at radius 1 is 1.07 bits per heavy atom. The van der Waals surface area contributed by atoms with E-state index in [9.17, 15) is 9.59 Å². The molecule has 0 aromatic heterocycles. The number of likely N-dealkylation sites (tertiary alicyclic amines) is 1. The van der Waals surface area contributed by atoms with Crippen LogP contribution in [0.25, 0.3) is 0 Å². The highest BCUT2D eigenvalue weighted by molar-refractivity contribution is 8.01. The number of piperidine rings is 1. The van der Waals surface area contributed by atoms with Crippen LogP contribution in [0.3, 0.4) is 0 Å². The van der Waals surface area contributed by atoms with Gasteiger partial charge < -0.3 is 15.1 Å². The maximum Gasteiger partial charge on any atom is 0.321 e. The molecule has 1 N–H and O–H groups in total. The number of rotatable bonds is 3. The van der Waals surface area contributed by atoms with Crippen molar-refractivity contribution >= 4 is 52.6 Å². The Hall–Kier alpha value is -1.89. The average Bonchev–Trinajstić information content (AvgIpc) is 3.02. The van der Waals surface area contributed by atoms with Crippen LogP contribution in [0.5, 0.6) is 0 Å². The molecule has 1 spiro atoms. The first-order valence-corrected chi connectivity index (χ1v) is 11.2. The molecule has 2 heterocycles. The molecule has 5 nitrogen and oxygen atoms in total.